The van der Waals surface area contributed by atoms with Gasteiger partial charge in [0, 0.05) is 45.4 Å². The minimum absolute atomic E-state index is 0.0648. The SMILES string of the molecule is COc1ccc2c(c1)C(c1ccc(Cl)cc1)=N[C@@H](CC(=O)NCCOCCOC(C)CNC(=O)C[C@@H]1N=C(c3ccc(Cl)cc3)c3cc(OC)ccc3N3C1=NNC3C)C1=NNC(C)N12. The molecular weight excluding hydrogens is 871 g/mol. The van der Waals surface area contributed by atoms with Gasteiger partial charge in [0.2, 0.25) is 11.8 Å². The van der Waals surface area contributed by atoms with E-state index in [1.54, 1.807) is 14.2 Å². The van der Waals surface area contributed by atoms with Gasteiger partial charge >= 0.3 is 0 Å². The van der Waals surface area contributed by atoms with Gasteiger partial charge in [0.15, 0.2) is 11.7 Å². The molecule has 0 saturated carbocycles. The van der Waals surface area contributed by atoms with Crippen LogP contribution >= 0.6 is 23.2 Å². The molecule has 4 N–H and O–H groups in total. The molecule has 0 spiro atoms. The molecule has 18 heteroatoms. The highest BCUT2D eigenvalue weighted by Gasteiger charge is 2.39. The molecule has 0 fully saturated rings. The number of anilines is 2. The smallest absolute Gasteiger partial charge is 0.222 e. The number of nitrogens with one attached hydrogen (secondary N) is 4. The number of nitrogens with zero attached hydrogens (tertiary/aromatic N) is 6. The summed E-state index contributed by atoms with van der Waals surface area (Å²) in [4.78, 5) is 41.3. The average Bonchev–Trinajstić information content (AvgIpc) is 3.81. The van der Waals surface area contributed by atoms with E-state index in [2.05, 4.69) is 41.5 Å². The largest absolute Gasteiger partial charge is 0.497 e. The Morgan fingerprint density at radius 3 is 1.63 bits per heavy atom. The second-order valence-corrected chi connectivity index (χ2v) is 16.8. The van der Waals surface area contributed by atoms with E-state index in [0.29, 0.717) is 64.4 Å². The van der Waals surface area contributed by atoms with Crippen molar-refractivity contribution in [3.8, 4) is 11.5 Å². The van der Waals surface area contributed by atoms with Crippen molar-refractivity contribution in [1.29, 1.82) is 0 Å². The number of hydrogen-bond acceptors (Lipinski definition) is 14. The topological polar surface area (TPSA) is 175 Å². The van der Waals surface area contributed by atoms with Crippen LogP contribution in [-0.4, -0.2) is 113 Å². The molecule has 0 aliphatic carbocycles. The predicted molar refractivity (Wildman–Crippen MR) is 254 cm³/mol. The lowest BCUT2D eigenvalue weighted by atomic mass is 9.99. The van der Waals surface area contributed by atoms with E-state index in [4.69, 9.17) is 52.1 Å². The summed E-state index contributed by atoms with van der Waals surface area (Å²) in [5.74, 6) is 2.29. The van der Waals surface area contributed by atoms with E-state index < -0.39 is 12.1 Å². The second kappa shape index (κ2) is 20.3. The van der Waals surface area contributed by atoms with Crippen LogP contribution in [0, 0.1) is 0 Å². The van der Waals surface area contributed by atoms with Gasteiger partial charge in [-0.2, -0.15) is 10.2 Å². The highest BCUT2D eigenvalue weighted by Crippen LogP contribution is 2.37. The summed E-state index contributed by atoms with van der Waals surface area (Å²) in [7, 11) is 3.25. The zero-order chi connectivity index (χ0) is 45.6. The second-order valence-electron chi connectivity index (χ2n) is 15.9. The Kier molecular flexibility index (Phi) is 14.2. The number of ether oxygens (including phenoxy) is 4. The molecule has 3 unspecified atom stereocenters. The highest BCUT2D eigenvalue weighted by atomic mass is 35.5. The number of fused-ring (bicyclic) bond motifs is 6. The number of rotatable bonds is 17. The van der Waals surface area contributed by atoms with Gasteiger partial charge in [0.25, 0.3) is 0 Å². The van der Waals surface area contributed by atoms with Gasteiger partial charge < -0.3 is 39.4 Å². The number of carbonyl (C=O) groups excluding carboxylic acids is 2. The molecule has 8 rings (SSSR count). The van der Waals surface area contributed by atoms with Crippen LogP contribution in [0.2, 0.25) is 10.0 Å². The third kappa shape index (κ3) is 10.2. The summed E-state index contributed by atoms with van der Waals surface area (Å²) in [5.41, 5.74) is 13.0. The van der Waals surface area contributed by atoms with Crippen molar-refractivity contribution in [2.75, 3.05) is 56.9 Å². The quantitative estimate of drug-likeness (QED) is 0.0960. The van der Waals surface area contributed by atoms with Gasteiger partial charge in [-0.15, -0.1) is 0 Å². The summed E-state index contributed by atoms with van der Waals surface area (Å²) >= 11 is 12.5. The summed E-state index contributed by atoms with van der Waals surface area (Å²) in [6.45, 7) is 7.38. The van der Waals surface area contributed by atoms with Crippen LogP contribution in [-0.2, 0) is 19.1 Å². The lowest BCUT2D eigenvalue weighted by Gasteiger charge is -2.27. The zero-order valence-electron chi connectivity index (χ0n) is 36.8. The van der Waals surface area contributed by atoms with Gasteiger partial charge in [0.05, 0.1) is 75.8 Å². The Hall–Kier alpha value is -6.20. The van der Waals surface area contributed by atoms with Gasteiger partial charge in [-0.05, 0) is 81.4 Å². The lowest BCUT2D eigenvalue weighted by Crippen LogP contribution is -2.43. The monoisotopic (exact) mass is 922 g/mol. The van der Waals surface area contributed by atoms with E-state index in [1.807, 2.05) is 106 Å². The molecule has 4 aromatic rings. The Balaban J connectivity index is 0.812. The van der Waals surface area contributed by atoms with Crippen molar-refractivity contribution in [2.24, 2.45) is 20.2 Å². The Morgan fingerprint density at radius 1 is 0.677 bits per heavy atom. The number of amides is 2. The molecule has 4 aliphatic heterocycles. The first kappa shape index (κ1) is 45.4. The minimum Gasteiger partial charge on any atom is -0.497 e. The molecule has 4 aliphatic rings. The molecule has 0 radical (unpaired) electrons. The summed E-state index contributed by atoms with van der Waals surface area (Å²) in [6, 6.07) is 25.5. The van der Waals surface area contributed by atoms with E-state index in [-0.39, 0.29) is 56.2 Å². The summed E-state index contributed by atoms with van der Waals surface area (Å²) in [5, 5.41) is 16.5. The molecule has 65 heavy (non-hydrogen) atoms. The molecule has 2 amide bonds. The van der Waals surface area contributed by atoms with Gasteiger partial charge in [-0.1, -0.05) is 47.5 Å². The predicted octanol–water partition coefficient (Wildman–Crippen LogP) is 5.72. The Labute approximate surface area is 388 Å². The maximum Gasteiger partial charge on any atom is 0.222 e. The number of benzene rings is 4. The molecule has 4 aromatic carbocycles. The number of carbonyl (C=O) groups is 2. The van der Waals surface area contributed by atoms with E-state index >= 15 is 0 Å². The number of aliphatic imine (C=N–C) groups is 2. The van der Waals surface area contributed by atoms with Crippen molar-refractivity contribution < 1.29 is 28.5 Å². The van der Waals surface area contributed by atoms with Crippen molar-refractivity contribution >= 4 is 69.5 Å². The summed E-state index contributed by atoms with van der Waals surface area (Å²) < 4.78 is 22.9. The molecule has 16 nitrogen and oxygen atoms in total. The third-order valence-electron chi connectivity index (χ3n) is 11.4. The van der Waals surface area contributed by atoms with Crippen molar-refractivity contribution in [3.05, 3.63) is 117 Å². The maximum absolute atomic E-state index is 13.5. The van der Waals surface area contributed by atoms with E-state index in [0.717, 1.165) is 33.6 Å². The van der Waals surface area contributed by atoms with Crippen LogP contribution in [0.15, 0.2) is 105 Å². The fourth-order valence-corrected chi connectivity index (χ4v) is 8.41. The van der Waals surface area contributed by atoms with Crippen LogP contribution in [0.3, 0.4) is 0 Å². The number of methoxy groups -OCH3 is 2. The average molecular weight is 924 g/mol. The number of amidine groups is 2. The van der Waals surface area contributed by atoms with Crippen LogP contribution in [0.5, 0.6) is 11.5 Å². The fraction of sp³-hybridized carbons (Fsp3) is 0.362. The maximum atomic E-state index is 13.5. The molecule has 5 atom stereocenters. The summed E-state index contributed by atoms with van der Waals surface area (Å²) in [6.07, 6.45) is -0.475. The van der Waals surface area contributed by atoms with Gasteiger partial charge in [-0.3, -0.25) is 30.4 Å². The molecule has 0 aromatic heterocycles. The van der Waals surface area contributed by atoms with E-state index in [1.165, 1.54) is 0 Å². The van der Waals surface area contributed by atoms with Crippen LogP contribution in [0.4, 0.5) is 11.4 Å². The fourth-order valence-electron chi connectivity index (χ4n) is 8.16. The van der Waals surface area contributed by atoms with Crippen LogP contribution in [0.1, 0.15) is 55.9 Å². The first-order valence-corrected chi connectivity index (χ1v) is 22.3. The normalized spacial score (nSPS) is 19.9. The van der Waals surface area contributed by atoms with Crippen LogP contribution < -0.4 is 40.8 Å². The Bertz CT molecular complexity index is 2520. The Morgan fingerprint density at radius 2 is 1.15 bits per heavy atom. The van der Waals surface area contributed by atoms with Crippen LogP contribution in [0.25, 0.3) is 0 Å². The third-order valence-corrected chi connectivity index (χ3v) is 11.9. The molecular formula is C47H52Cl2N10O6. The molecule has 340 valence electrons. The van der Waals surface area contributed by atoms with Crippen molar-refractivity contribution in [1.82, 2.24) is 21.5 Å². The van der Waals surface area contributed by atoms with Crippen molar-refractivity contribution in [2.45, 2.75) is 64.1 Å². The number of hydrazone groups is 2. The number of halogens is 2. The highest BCUT2D eigenvalue weighted by molar-refractivity contribution is 6.31. The lowest BCUT2D eigenvalue weighted by molar-refractivity contribution is -0.122. The molecule has 0 bridgehead atoms. The van der Waals surface area contributed by atoms with Gasteiger partial charge in [-0.25, -0.2) is 0 Å². The van der Waals surface area contributed by atoms with E-state index in [9.17, 15) is 9.59 Å². The first-order chi connectivity index (χ1) is 31.5. The number of hydrogen-bond donors (Lipinski definition) is 4. The minimum atomic E-state index is -0.581. The van der Waals surface area contributed by atoms with Gasteiger partial charge in [0.1, 0.15) is 35.9 Å². The molecule has 4 heterocycles. The molecule has 0 saturated heterocycles. The van der Waals surface area contributed by atoms with Crippen molar-refractivity contribution in [3.63, 3.8) is 0 Å². The zero-order valence-corrected chi connectivity index (χ0v) is 38.3. The standard InChI is InChI=1S/C47H52Cl2N10O6/c1-27(26-51-43(61)25-39-47-57-55-29(3)59(47)41-17-15-35(63-5)23-37(41)45(53-39)31-8-12-33(49)13-9-31)65-21-20-64-19-18-50-42(60)24-38-46-56-54-28(2)58(46)40-16-14-34(62-4)22-36(40)44(52-38)30-6-10-32(48)11-7-30/h6-17,22-23,27-29,38-39,54-55H,18-21,24-26H2,1-5H3,(H,50,60)(H,51,61)/t27?,28?,29?,38-,39-/m0/s1. The first-order valence-electron chi connectivity index (χ1n) is 21.5.